The number of benzene rings is 2. The third-order valence-corrected chi connectivity index (χ3v) is 4.51. The Hall–Kier alpha value is -3.47. The zero-order valence-electron chi connectivity index (χ0n) is 15.3. The van der Waals surface area contributed by atoms with Gasteiger partial charge < -0.3 is 20.3 Å². The number of carboxylic acid groups (broad SMARTS) is 2. The summed E-state index contributed by atoms with van der Waals surface area (Å²) in [6.07, 6.45) is 0. The second-order valence-electron chi connectivity index (χ2n) is 5.89. The van der Waals surface area contributed by atoms with E-state index in [1.807, 2.05) is 0 Å². The normalized spacial score (nSPS) is 11.4. The molecule has 0 heterocycles. The van der Waals surface area contributed by atoms with Crippen LogP contribution in [0.2, 0.25) is 0 Å². The standard InChI is InChI=1S/C19H15F2NO7S/c1-9(23)22-15(18(26)27)8-30-19(28)29-16-5-2-10(6-13(16)17(24)25)12-4-3-11(20)7-14(12)21/h2-7,15H,8H2,1H3,(H,22,23)(H,24,25)(H,26,27)/t15-/m0/s1. The van der Waals surface area contributed by atoms with Gasteiger partial charge in [-0.05, 0) is 41.6 Å². The van der Waals surface area contributed by atoms with Crippen molar-refractivity contribution in [3.63, 3.8) is 0 Å². The van der Waals surface area contributed by atoms with Gasteiger partial charge in [0.05, 0.1) is 0 Å². The summed E-state index contributed by atoms with van der Waals surface area (Å²) in [5, 5.41) is 19.5. The number of carbonyl (C=O) groups is 4. The summed E-state index contributed by atoms with van der Waals surface area (Å²) in [5.41, 5.74) is -0.387. The number of rotatable bonds is 7. The van der Waals surface area contributed by atoms with E-state index in [0.717, 1.165) is 31.2 Å². The van der Waals surface area contributed by atoms with E-state index < -0.39 is 46.4 Å². The number of carbonyl (C=O) groups excluding carboxylic acids is 2. The number of amides is 1. The Morgan fingerprint density at radius 2 is 1.80 bits per heavy atom. The molecule has 0 aliphatic carbocycles. The fourth-order valence-electron chi connectivity index (χ4n) is 2.37. The van der Waals surface area contributed by atoms with E-state index in [0.29, 0.717) is 17.8 Å². The minimum atomic E-state index is -1.46. The fourth-order valence-corrected chi connectivity index (χ4v) is 3.05. The minimum Gasteiger partial charge on any atom is -0.480 e. The lowest BCUT2D eigenvalue weighted by molar-refractivity contribution is -0.140. The molecule has 0 aliphatic heterocycles. The van der Waals surface area contributed by atoms with Crippen molar-refractivity contribution in [3.8, 4) is 16.9 Å². The third-order valence-electron chi connectivity index (χ3n) is 3.69. The molecular formula is C19H15F2NO7S. The van der Waals surface area contributed by atoms with Crippen molar-refractivity contribution in [1.29, 1.82) is 0 Å². The number of halogens is 2. The highest BCUT2D eigenvalue weighted by molar-refractivity contribution is 8.13. The molecule has 158 valence electrons. The molecule has 0 spiro atoms. The molecule has 1 amide bonds. The molecule has 0 fully saturated rings. The Labute approximate surface area is 172 Å². The molecule has 0 radical (unpaired) electrons. The Morgan fingerprint density at radius 1 is 1.10 bits per heavy atom. The van der Waals surface area contributed by atoms with E-state index in [9.17, 15) is 33.1 Å². The summed E-state index contributed by atoms with van der Waals surface area (Å²) in [6, 6.07) is 4.93. The minimum absolute atomic E-state index is 0.0502. The lowest BCUT2D eigenvalue weighted by atomic mass is 10.0. The molecule has 0 saturated heterocycles. The summed E-state index contributed by atoms with van der Waals surface area (Å²) in [7, 11) is 0. The largest absolute Gasteiger partial charge is 0.480 e. The van der Waals surface area contributed by atoms with E-state index in [-0.39, 0.29) is 22.6 Å². The van der Waals surface area contributed by atoms with Gasteiger partial charge in [0, 0.05) is 24.3 Å². The lowest BCUT2D eigenvalue weighted by Gasteiger charge is -2.13. The first kappa shape index (κ1) is 22.8. The van der Waals surface area contributed by atoms with Crippen molar-refractivity contribution in [2.45, 2.75) is 13.0 Å². The van der Waals surface area contributed by atoms with Gasteiger partial charge in [-0.2, -0.15) is 0 Å². The highest BCUT2D eigenvalue weighted by Gasteiger charge is 2.22. The van der Waals surface area contributed by atoms with Crippen LogP contribution >= 0.6 is 11.8 Å². The second-order valence-corrected chi connectivity index (χ2v) is 6.85. The highest BCUT2D eigenvalue weighted by atomic mass is 32.2. The molecule has 2 aromatic rings. The number of hydrogen-bond acceptors (Lipinski definition) is 6. The Balaban J connectivity index is 2.19. The van der Waals surface area contributed by atoms with Crippen LogP contribution in [0.15, 0.2) is 36.4 Å². The van der Waals surface area contributed by atoms with Crippen molar-refractivity contribution in [3.05, 3.63) is 53.6 Å². The topological polar surface area (TPSA) is 130 Å². The van der Waals surface area contributed by atoms with E-state index in [4.69, 9.17) is 9.84 Å². The van der Waals surface area contributed by atoms with Crippen molar-refractivity contribution in [2.24, 2.45) is 0 Å². The van der Waals surface area contributed by atoms with E-state index in [2.05, 4.69) is 5.32 Å². The molecule has 0 saturated carbocycles. The van der Waals surface area contributed by atoms with Gasteiger partial charge in [0.15, 0.2) is 0 Å². The van der Waals surface area contributed by atoms with E-state index >= 15 is 0 Å². The molecule has 2 aromatic carbocycles. The average molecular weight is 439 g/mol. The van der Waals surface area contributed by atoms with Crippen molar-refractivity contribution in [1.82, 2.24) is 5.32 Å². The first-order valence-corrected chi connectivity index (χ1v) is 9.24. The number of nitrogens with one attached hydrogen (secondary N) is 1. The lowest BCUT2D eigenvalue weighted by Crippen LogP contribution is -2.41. The number of aromatic carboxylic acids is 1. The maximum atomic E-state index is 14.0. The second kappa shape index (κ2) is 9.83. The van der Waals surface area contributed by atoms with Gasteiger partial charge in [-0.1, -0.05) is 6.07 Å². The van der Waals surface area contributed by atoms with Crippen LogP contribution in [0.25, 0.3) is 11.1 Å². The molecule has 0 unspecified atom stereocenters. The van der Waals surface area contributed by atoms with Crippen LogP contribution in [0.1, 0.15) is 17.3 Å². The molecule has 1 atom stereocenters. The van der Waals surface area contributed by atoms with Gasteiger partial charge in [-0.3, -0.25) is 4.79 Å². The Bertz CT molecular complexity index is 1010. The maximum absolute atomic E-state index is 14.0. The smallest absolute Gasteiger partial charge is 0.372 e. The molecule has 30 heavy (non-hydrogen) atoms. The zero-order chi connectivity index (χ0) is 22.4. The van der Waals surface area contributed by atoms with Gasteiger partial charge in [0.2, 0.25) is 5.91 Å². The molecule has 8 nitrogen and oxygen atoms in total. The van der Waals surface area contributed by atoms with Gasteiger partial charge in [-0.25, -0.2) is 23.2 Å². The third kappa shape index (κ3) is 6.01. The predicted molar refractivity (Wildman–Crippen MR) is 102 cm³/mol. The maximum Gasteiger partial charge on any atom is 0.372 e. The summed E-state index contributed by atoms with van der Waals surface area (Å²) < 4.78 is 32.0. The number of carboxylic acids is 2. The summed E-state index contributed by atoms with van der Waals surface area (Å²) >= 11 is 0.423. The van der Waals surface area contributed by atoms with Crippen molar-refractivity contribution < 1.29 is 42.9 Å². The number of ether oxygens (including phenoxy) is 1. The molecular weight excluding hydrogens is 424 g/mol. The van der Waals surface area contributed by atoms with Gasteiger partial charge in [-0.15, -0.1) is 0 Å². The number of thioether (sulfide) groups is 1. The molecule has 0 aromatic heterocycles. The van der Waals surface area contributed by atoms with Crippen LogP contribution in [-0.4, -0.2) is 45.2 Å². The predicted octanol–water partition coefficient (Wildman–Crippen LogP) is 3.15. The molecule has 3 N–H and O–H groups in total. The first-order valence-electron chi connectivity index (χ1n) is 8.25. The molecule has 0 bridgehead atoms. The van der Waals surface area contributed by atoms with Crippen LogP contribution in [0, 0.1) is 11.6 Å². The highest BCUT2D eigenvalue weighted by Crippen LogP contribution is 2.30. The van der Waals surface area contributed by atoms with Crippen LogP contribution in [0.5, 0.6) is 5.75 Å². The number of aliphatic carboxylic acids is 1. The molecule has 0 aliphatic rings. The summed E-state index contributed by atoms with van der Waals surface area (Å²) in [5.74, 6) is -5.82. The van der Waals surface area contributed by atoms with E-state index in [1.165, 1.54) is 6.07 Å². The fraction of sp³-hybridized carbons (Fsp3) is 0.158. The monoisotopic (exact) mass is 439 g/mol. The molecule has 11 heteroatoms. The summed E-state index contributed by atoms with van der Waals surface area (Å²) in [6.45, 7) is 1.11. The van der Waals surface area contributed by atoms with Crippen LogP contribution < -0.4 is 10.1 Å². The van der Waals surface area contributed by atoms with Gasteiger partial charge in [0.25, 0.3) is 0 Å². The zero-order valence-corrected chi connectivity index (χ0v) is 16.2. The Kier molecular flexibility index (Phi) is 7.48. The van der Waals surface area contributed by atoms with Gasteiger partial charge in [0.1, 0.15) is 29.0 Å². The van der Waals surface area contributed by atoms with Crippen LogP contribution in [0.4, 0.5) is 13.6 Å². The van der Waals surface area contributed by atoms with E-state index in [1.54, 1.807) is 0 Å². The Morgan fingerprint density at radius 3 is 2.37 bits per heavy atom. The summed E-state index contributed by atoms with van der Waals surface area (Å²) in [4.78, 5) is 45.6. The molecule has 2 rings (SSSR count). The quantitative estimate of drug-likeness (QED) is 0.561. The van der Waals surface area contributed by atoms with Crippen molar-refractivity contribution in [2.75, 3.05) is 5.75 Å². The van der Waals surface area contributed by atoms with Crippen LogP contribution in [0.3, 0.4) is 0 Å². The first-order chi connectivity index (χ1) is 14.1. The average Bonchev–Trinajstić information content (AvgIpc) is 2.65. The van der Waals surface area contributed by atoms with Gasteiger partial charge >= 0.3 is 17.2 Å². The SMILES string of the molecule is CC(=O)N[C@@H](CSC(=O)Oc1ccc(-c2ccc(F)cc2F)cc1C(=O)O)C(=O)O. The van der Waals surface area contributed by atoms with Crippen LogP contribution in [-0.2, 0) is 9.59 Å². The number of hydrogen-bond donors (Lipinski definition) is 3. The van der Waals surface area contributed by atoms with Crippen molar-refractivity contribution >= 4 is 34.9 Å².